The Kier molecular flexibility index (Phi) is 5.03. The maximum atomic E-state index is 14.5. The number of carbonyl (C=O) groups excluding carboxylic acids is 3. The first-order valence-corrected chi connectivity index (χ1v) is 13.1. The molecule has 0 unspecified atom stereocenters. The molecule has 0 aliphatic carbocycles. The fourth-order valence-electron chi connectivity index (χ4n) is 6.86. The topological polar surface area (TPSA) is 69.7 Å². The number of nitrogens with zero attached hydrogens (tertiary/aromatic N) is 2. The van der Waals surface area contributed by atoms with E-state index in [0.29, 0.717) is 18.7 Å². The van der Waals surface area contributed by atoms with Gasteiger partial charge in [-0.3, -0.25) is 19.7 Å². The van der Waals surface area contributed by atoms with E-state index in [1.165, 1.54) is 4.90 Å². The number of nitrogens with one attached hydrogen (secondary N) is 1. The molecule has 4 atom stereocenters. The van der Waals surface area contributed by atoms with Gasteiger partial charge < -0.3 is 4.90 Å². The number of rotatable bonds is 4. The van der Waals surface area contributed by atoms with Gasteiger partial charge >= 0.3 is 0 Å². The van der Waals surface area contributed by atoms with Gasteiger partial charge in [-0.2, -0.15) is 0 Å². The van der Waals surface area contributed by atoms with E-state index in [1.54, 1.807) is 4.90 Å². The van der Waals surface area contributed by atoms with Crippen LogP contribution in [0.5, 0.6) is 0 Å². The Morgan fingerprint density at radius 1 is 0.763 bits per heavy atom. The number of para-hydroxylation sites is 1. The highest BCUT2D eigenvalue weighted by Crippen LogP contribution is 2.56. The van der Waals surface area contributed by atoms with Crippen LogP contribution in [0.15, 0.2) is 97.1 Å². The first kappa shape index (κ1) is 22.9. The number of amides is 3. The lowest BCUT2D eigenvalue weighted by atomic mass is 9.76. The van der Waals surface area contributed by atoms with Crippen LogP contribution in [0.1, 0.15) is 24.5 Å². The third-order valence-electron chi connectivity index (χ3n) is 8.50. The van der Waals surface area contributed by atoms with E-state index < -0.39 is 17.4 Å². The van der Waals surface area contributed by atoms with Crippen LogP contribution >= 0.6 is 0 Å². The lowest BCUT2D eigenvalue weighted by Crippen LogP contribution is -2.55. The van der Waals surface area contributed by atoms with Crippen molar-refractivity contribution in [2.24, 2.45) is 11.8 Å². The van der Waals surface area contributed by atoms with Gasteiger partial charge in [0.25, 0.3) is 5.91 Å². The number of hydrogen-bond donors (Lipinski definition) is 1. The van der Waals surface area contributed by atoms with Crippen molar-refractivity contribution < 1.29 is 14.4 Å². The van der Waals surface area contributed by atoms with Crippen LogP contribution in [-0.4, -0.2) is 23.8 Å². The quantitative estimate of drug-likeness (QED) is 0.409. The van der Waals surface area contributed by atoms with Crippen LogP contribution in [0.2, 0.25) is 0 Å². The smallest absolute Gasteiger partial charge is 0.253 e. The van der Waals surface area contributed by atoms with E-state index >= 15 is 0 Å². The van der Waals surface area contributed by atoms with E-state index in [1.807, 2.05) is 104 Å². The first-order chi connectivity index (χ1) is 18.6. The summed E-state index contributed by atoms with van der Waals surface area (Å²) in [7, 11) is 0. The molecular weight excluding hydrogens is 474 g/mol. The van der Waals surface area contributed by atoms with Gasteiger partial charge in [-0.25, -0.2) is 4.90 Å². The molecule has 1 spiro atoms. The molecule has 6 nitrogen and oxygen atoms in total. The van der Waals surface area contributed by atoms with Gasteiger partial charge in [-0.15, -0.1) is 0 Å². The normalized spacial score (nSPS) is 26.0. The molecule has 4 aromatic carbocycles. The number of carbonyl (C=O) groups is 3. The average molecular weight is 502 g/mol. The summed E-state index contributed by atoms with van der Waals surface area (Å²) in [6, 6.07) is 30.6. The van der Waals surface area contributed by atoms with Crippen LogP contribution in [0.25, 0.3) is 10.8 Å². The molecule has 3 aliphatic heterocycles. The van der Waals surface area contributed by atoms with Crippen molar-refractivity contribution in [3.8, 4) is 0 Å². The third-order valence-corrected chi connectivity index (χ3v) is 8.50. The van der Waals surface area contributed by atoms with Crippen LogP contribution in [0.3, 0.4) is 0 Å². The predicted octanol–water partition coefficient (Wildman–Crippen LogP) is 4.77. The standard InChI is InChI=1S/C32H27N3O3/c1-2-24-27-28(30(37)35(29(27)36)25-18-10-14-21-13-6-7-15-22(21)25)32(33-24)23-16-8-9-17-26(23)34(31(32)38)19-20-11-4-3-5-12-20/h3-18,24,27-28,33H,2,19H2,1H3/t24-,27-,28+,32-/m0/s1. The van der Waals surface area contributed by atoms with Crippen molar-refractivity contribution >= 4 is 39.9 Å². The summed E-state index contributed by atoms with van der Waals surface area (Å²) in [4.78, 5) is 46.1. The molecule has 2 saturated heterocycles. The summed E-state index contributed by atoms with van der Waals surface area (Å²) >= 11 is 0. The second-order valence-corrected chi connectivity index (χ2v) is 10.4. The lowest BCUT2D eigenvalue weighted by molar-refractivity contribution is -0.132. The Morgan fingerprint density at radius 2 is 1.45 bits per heavy atom. The second kappa shape index (κ2) is 8.36. The minimum Gasteiger partial charge on any atom is -0.306 e. The second-order valence-electron chi connectivity index (χ2n) is 10.4. The highest BCUT2D eigenvalue weighted by molar-refractivity contribution is 6.28. The first-order valence-electron chi connectivity index (χ1n) is 13.1. The molecule has 3 amide bonds. The Balaban J connectivity index is 1.38. The molecule has 6 heteroatoms. The minimum atomic E-state index is -1.29. The summed E-state index contributed by atoms with van der Waals surface area (Å²) in [6.45, 7) is 2.39. The molecule has 7 rings (SSSR count). The molecule has 3 aliphatic rings. The summed E-state index contributed by atoms with van der Waals surface area (Å²) in [5.41, 5.74) is 1.85. The van der Waals surface area contributed by atoms with E-state index in [-0.39, 0.29) is 23.8 Å². The van der Waals surface area contributed by atoms with Gasteiger partial charge in [0.1, 0.15) is 5.54 Å². The monoisotopic (exact) mass is 501 g/mol. The van der Waals surface area contributed by atoms with Crippen molar-refractivity contribution in [3.05, 3.63) is 108 Å². The van der Waals surface area contributed by atoms with E-state index in [4.69, 9.17) is 0 Å². The Labute approximate surface area is 220 Å². The highest BCUT2D eigenvalue weighted by Gasteiger charge is 2.71. The summed E-state index contributed by atoms with van der Waals surface area (Å²) in [5.74, 6) is -2.17. The van der Waals surface area contributed by atoms with Crippen LogP contribution < -0.4 is 15.1 Å². The Hall–Kier alpha value is -4.29. The molecule has 3 heterocycles. The molecule has 188 valence electrons. The van der Waals surface area contributed by atoms with Gasteiger partial charge in [0.05, 0.1) is 24.1 Å². The number of fused-ring (bicyclic) bond motifs is 5. The van der Waals surface area contributed by atoms with E-state index in [2.05, 4.69) is 5.32 Å². The predicted molar refractivity (Wildman–Crippen MR) is 146 cm³/mol. The van der Waals surface area contributed by atoms with Gasteiger partial charge in [0, 0.05) is 22.7 Å². The fourth-order valence-corrected chi connectivity index (χ4v) is 6.86. The third kappa shape index (κ3) is 2.95. The van der Waals surface area contributed by atoms with Crippen molar-refractivity contribution in [1.82, 2.24) is 5.32 Å². The average Bonchev–Trinajstić information content (AvgIpc) is 3.52. The van der Waals surface area contributed by atoms with Crippen LogP contribution in [-0.2, 0) is 26.5 Å². The van der Waals surface area contributed by atoms with Gasteiger partial charge in [-0.05, 0) is 29.5 Å². The molecule has 38 heavy (non-hydrogen) atoms. The number of benzene rings is 4. The molecule has 0 bridgehead atoms. The van der Waals surface area contributed by atoms with Gasteiger partial charge in [0.2, 0.25) is 11.8 Å². The molecule has 4 aromatic rings. The highest BCUT2D eigenvalue weighted by atomic mass is 16.2. The molecule has 0 saturated carbocycles. The maximum absolute atomic E-state index is 14.5. The lowest BCUT2D eigenvalue weighted by Gasteiger charge is -2.30. The number of anilines is 2. The molecule has 2 fully saturated rings. The fraction of sp³-hybridized carbons (Fsp3) is 0.219. The van der Waals surface area contributed by atoms with Gasteiger partial charge in [-0.1, -0.05) is 91.9 Å². The van der Waals surface area contributed by atoms with Crippen LogP contribution in [0.4, 0.5) is 11.4 Å². The SMILES string of the molecule is CC[C@@H]1N[C@]2(C(=O)N(Cc3ccccc3)c3ccccc32)[C@H]2C(=O)N(c3cccc4ccccc34)C(=O)[C@@H]12. The Bertz CT molecular complexity index is 1610. The molecule has 1 N–H and O–H groups in total. The van der Waals surface area contributed by atoms with Crippen molar-refractivity contribution in [2.75, 3.05) is 9.80 Å². The van der Waals surface area contributed by atoms with Crippen LogP contribution in [0, 0.1) is 11.8 Å². The zero-order chi connectivity index (χ0) is 26.0. The van der Waals surface area contributed by atoms with E-state index in [9.17, 15) is 14.4 Å². The van der Waals surface area contributed by atoms with Crippen molar-refractivity contribution in [2.45, 2.75) is 31.5 Å². The Morgan fingerprint density at radius 3 is 2.26 bits per heavy atom. The minimum absolute atomic E-state index is 0.172. The summed E-state index contributed by atoms with van der Waals surface area (Å²) < 4.78 is 0. The van der Waals surface area contributed by atoms with Crippen molar-refractivity contribution in [3.63, 3.8) is 0 Å². The van der Waals surface area contributed by atoms with Gasteiger partial charge in [0.15, 0.2) is 0 Å². The zero-order valence-corrected chi connectivity index (χ0v) is 21.0. The maximum Gasteiger partial charge on any atom is 0.253 e. The molecule has 0 radical (unpaired) electrons. The molecular formula is C32H27N3O3. The summed E-state index contributed by atoms with van der Waals surface area (Å²) in [6.07, 6.45) is 0.624. The summed E-state index contributed by atoms with van der Waals surface area (Å²) in [5, 5.41) is 5.35. The van der Waals surface area contributed by atoms with Crippen molar-refractivity contribution in [1.29, 1.82) is 0 Å². The largest absolute Gasteiger partial charge is 0.306 e. The zero-order valence-electron chi connectivity index (χ0n) is 21.0. The number of hydrogen-bond acceptors (Lipinski definition) is 4. The number of imide groups is 1. The molecule has 0 aromatic heterocycles. The van der Waals surface area contributed by atoms with E-state index in [0.717, 1.165) is 27.6 Å².